The van der Waals surface area contributed by atoms with Crippen LogP contribution >= 0.6 is 0 Å². The van der Waals surface area contributed by atoms with Crippen molar-refractivity contribution in [2.24, 2.45) is 0 Å². The van der Waals surface area contributed by atoms with Gasteiger partial charge in [0, 0.05) is 0 Å². The van der Waals surface area contributed by atoms with Gasteiger partial charge in [-0.25, -0.2) is 9.18 Å². The summed E-state index contributed by atoms with van der Waals surface area (Å²) in [5.41, 5.74) is -2.68. The number of rotatable bonds is 5. The van der Waals surface area contributed by atoms with E-state index in [9.17, 15) is 22.8 Å². The first-order valence-corrected chi connectivity index (χ1v) is 4.46. The van der Waals surface area contributed by atoms with Gasteiger partial charge in [0.15, 0.2) is 5.67 Å². The summed E-state index contributed by atoms with van der Waals surface area (Å²) in [4.78, 5) is 21.7. The first-order valence-electron chi connectivity index (χ1n) is 4.46. The van der Waals surface area contributed by atoms with E-state index in [-0.39, 0.29) is 0 Å². The van der Waals surface area contributed by atoms with E-state index in [2.05, 4.69) is 4.74 Å². The monoisotopic (exact) mass is 226 g/mol. The Labute approximate surface area is 85.6 Å². The zero-order valence-electron chi connectivity index (χ0n) is 8.77. The molecular weight excluding hydrogens is 213 g/mol. The Balaban J connectivity index is 5.07. The number of hydrogen-bond acceptors (Lipinski definition) is 3. The van der Waals surface area contributed by atoms with Crippen molar-refractivity contribution in [3.63, 3.8) is 0 Å². The third-order valence-electron chi connectivity index (χ3n) is 2.25. The van der Waals surface area contributed by atoms with Gasteiger partial charge in [-0.05, 0) is 12.8 Å². The van der Waals surface area contributed by atoms with Gasteiger partial charge in [0.1, 0.15) is 0 Å². The molecule has 0 aromatic heterocycles. The summed E-state index contributed by atoms with van der Waals surface area (Å²) < 4.78 is 43.4. The van der Waals surface area contributed by atoms with Crippen molar-refractivity contribution in [1.82, 2.24) is 0 Å². The van der Waals surface area contributed by atoms with Gasteiger partial charge in [-0.3, -0.25) is 4.79 Å². The fourth-order valence-electron chi connectivity index (χ4n) is 1.07. The number of alkyl halides is 3. The summed E-state index contributed by atoms with van der Waals surface area (Å²) >= 11 is 0. The van der Waals surface area contributed by atoms with E-state index >= 15 is 0 Å². The molecule has 0 amide bonds. The first-order chi connectivity index (χ1) is 6.76. The first kappa shape index (κ1) is 13.9. The van der Waals surface area contributed by atoms with E-state index in [0.717, 1.165) is 0 Å². The summed E-state index contributed by atoms with van der Waals surface area (Å²) in [6, 6.07) is 0. The summed E-state index contributed by atoms with van der Waals surface area (Å²) in [6.45, 7) is 2.52. The Morgan fingerprint density at radius 2 is 1.53 bits per heavy atom. The molecule has 0 heterocycles. The lowest BCUT2D eigenvalue weighted by atomic mass is 9.90. The molecule has 0 aromatic carbocycles. The maximum absolute atomic E-state index is 13.6. The molecule has 0 radical (unpaired) electrons. The topological polar surface area (TPSA) is 43.4 Å². The standard InChI is InChI=1S/C9H13F3O3/c1-4-8(10,5-2)6(13)9(11,12)7(14)15-3/h4-5H2,1-3H3. The average molecular weight is 226 g/mol. The lowest BCUT2D eigenvalue weighted by Crippen LogP contribution is -2.49. The van der Waals surface area contributed by atoms with E-state index in [0.29, 0.717) is 7.11 Å². The number of methoxy groups -OCH3 is 1. The summed E-state index contributed by atoms with van der Waals surface area (Å²) in [5.74, 6) is -8.49. The quantitative estimate of drug-likeness (QED) is 0.531. The van der Waals surface area contributed by atoms with Crippen LogP contribution in [0, 0.1) is 0 Å². The van der Waals surface area contributed by atoms with Gasteiger partial charge in [0.05, 0.1) is 7.11 Å². The zero-order valence-corrected chi connectivity index (χ0v) is 8.77. The van der Waals surface area contributed by atoms with E-state index in [1.54, 1.807) is 0 Å². The molecule has 0 unspecified atom stereocenters. The minimum atomic E-state index is -4.42. The van der Waals surface area contributed by atoms with Gasteiger partial charge >= 0.3 is 11.9 Å². The van der Waals surface area contributed by atoms with Crippen LogP contribution in [-0.4, -0.2) is 30.5 Å². The van der Waals surface area contributed by atoms with E-state index in [1.165, 1.54) is 13.8 Å². The Hall–Kier alpha value is -1.07. The largest absolute Gasteiger partial charge is 0.464 e. The molecule has 0 saturated carbocycles. The van der Waals surface area contributed by atoms with Gasteiger partial charge in [-0.1, -0.05) is 13.8 Å². The van der Waals surface area contributed by atoms with Crippen molar-refractivity contribution in [1.29, 1.82) is 0 Å². The zero-order chi connectivity index (χ0) is 12.3. The van der Waals surface area contributed by atoms with Crippen LogP contribution < -0.4 is 0 Å². The maximum Gasteiger partial charge on any atom is 0.403 e. The molecule has 0 bridgehead atoms. The second-order valence-corrected chi connectivity index (χ2v) is 3.07. The van der Waals surface area contributed by atoms with Gasteiger partial charge in [0.25, 0.3) is 5.78 Å². The number of ketones is 1. The SMILES string of the molecule is CCC(F)(CC)C(=O)C(F)(F)C(=O)OC. The Morgan fingerprint density at radius 1 is 1.13 bits per heavy atom. The van der Waals surface area contributed by atoms with Crippen molar-refractivity contribution in [3.05, 3.63) is 0 Å². The van der Waals surface area contributed by atoms with Crippen molar-refractivity contribution in [3.8, 4) is 0 Å². The highest BCUT2D eigenvalue weighted by Gasteiger charge is 2.57. The van der Waals surface area contributed by atoms with Crippen LogP contribution in [-0.2, 0) is 14.3 Å². The molecule has 0 aliphatic heterocycles. The second-order valence-electron chi connectivity index (χ2n) is 3.07. The fraction of sp³-hybridized carbons (Fsp3) is 0.778. The van der Waals surface area contributed by atoms with E-state index in [4.69, 9.17) is 0 Å². The van der Waals surface area contributed by atoms with Gasteiger partial charge < -0.3 is 4.74 Å². The normalized spacial score (nSPS) is 12.4. The number of Topliss-reactive ketones (excluding diaryl/α,β-unsaturated/α-hetero) is 1. The summed E-state index contributed by atoms with van der Waals surface area (Å²) in [5, 5.41) is 0. The number of carbonyl (C=O) groups excluding carboxylic acids is 2. The number of hydrogen-bond donors (Lipinski definition) is 0. The number of halogens is 3. The van der Waals surface area contributed by atoms with Crippen molar-refractivity contribution < 1.29 is 27.5 Å². The van der Waals surface area contributed by atoms with Crippen LogP contribution in [0.3, 0.4) is 0 Å². The van der Waals surface area contributed by atoms with Crippen LogP contribution in [0.25, 0.3) is 0 Å². The van der Waals surface area contributed by atoms with Gasteiger partial charge in [0.2, 0.25) is 0 Å². The molecule has 0 aromatic rings. The second kappa shape index (κ2) is 4.63. The van der Waals surface area contributed by atoms with Crippen molar-refractivity contribution in [2.45, 2.75) is 38.3 Å². The molecule has 15 heavy (non-hydrogen) atoms. The minimum absolute atomic E-state index is 0.408. The summed E-state index contributed by atoms with van der Waals surface area (Å²) in [7, 11) is 0.710. The molecule has 6 heteroatoms. The van der Waals surface area contributed by atoms with Crippen LogP contribution in [0.5, 0.6) is 0 Å². The Morgan fingerprint density at radius 3 is 1.80 bits per heavy atom. The molecule has 0 N–H and O–H groups in total. The van der Waals surface area contributed by atoms with Gasteiger partial charge in [-0.15, -0.1) is 0 Å². The molecule has 3 nitrogen and oxygen atoms in total. The highest BCUT2D eigenvalue weighted by Crippen LogP contribution is 2.31. The third-order valence-corrected chi connectivity index (χ3v) is 2.25. The molecule has 0 saturated heterocycles. The predicted octanol–water partition coefficient (Wildman–Crippen LogP) is 1.89. The van der Waals surface area contributed by atoms with Crippen LogP contribution in [0.2, 0.25) is 0 Å². The van der Waals surface area contributed by atoms with Crippen molar-refractivity contribution >= 4 is 11.8 Å². The van der Waals surface area contributed by atoms with Gasteiger partial charge in [-0.2, -0.15) is 8.78 Å². The van der Waals surface area contributed by atoms with Crippen LogP contribution in [0.4, 0.5) is 13.2 Å². The van der Waals surface area contributed by atoms with Crippen LogP contribution in [0.15, 0.2) is 0 Å². The third kappa shape index (κ3) is 2.49. The molecular formula is C9H13F3O3. The molecule has 0 aliphatic carbocycles. The Kier molecular flexibility index (Phi) is 4.30. The van der Waals surface area contributed by atoms with Crippen molar-refractivity contribution in [2.75, 3.05) is 7.11 Å². The van der Waals surface area contributed by atoms with E-state index < -0.39 is 36.2 Å². The number of ether oxygens (including phenoxy) is 1. The molecule has 0 aliphatic rings. The highest BCUT2D eigenvalue weighted by atomic mass is 19.3. The average Bonchev–Trinajstić information content (AvgIpc) is 2.25. The molecule has 0 spiro atoms. The molecule has 0 rings (SSSR count). The smallest absolute Gasteiger partial charge is 0.403 e. The maximum atomic E-state index is 13.6. The summed E-state index contributed by atoms with van der Waals surface area (Å²) in [6.07, 6.45) is -0.816. The lowest BCUT2D eigenvalue weighted by molar-refractivity contribution is -0.180. The van der Waals surface area contributed by atoms with E-state index in [1.807, 2.05) is 0 Å². The van der Waals surface area contributed by atoms with Crippen LogP contribution in [0.1, 0.15) is 26.7 Å². The highest BCUT2D eigenvalue weighted by molar-refractivity contribution is 6.09. The molecule has 0 atom stereocenters. The fourth-order valence-corrected chi connectivity index (χ4v) is 1.07. The Bertz CT molecular complexity index is 259. The lowest BCUT2D eigenvalue weighted by Gasteiger charge is -2.24. The minimum Gasteiger partial charge on any atom is -0.464 e. The predicted molar refractivity (Wildman–Crippen MR) is 46.4 cm³/mol. The number of esters is 1. The molecule has 88 valence electrons. The molecule has 0 fully saturated rings. The number of carbonyl (C=O) groups is 2.